The van der Waals surface area contributed by atoms with Crippen molar-refractivity contribution in [2.24, 2.45) is 5.92 Å². The summed E-state index contributed by atoms with van der Waals surface area (Å²) in [6, 6.07) is 12.6. The second kappa shape index (κ2) is 10.8. The lowest BCUT2D eigenvalue weighted by Crippen LogP contribution is -2.20. The molecule has 1 aliphatic carbocycles. The van der Waals surface area contributed by atoms with E-state index >= 15 is 0 Å². The first-order chi connectivity index (χ1) is 16.9. The molecule has 1 aliphatic rings. The number of hydrogen-bond acceptors (Lipinski definition) is 6. The highest BCUT2D eigenvalue weighted by molar-refractivity contribution is 7.17. The maximum Gasteiger partial charge on any atom is 0.259 e. The zero-order valence-corrected chi connectivity index (χ0v) is 21.2. The number of amides is 2. The van der Waals surface area contributed by atoms with E-state index in [9.17, 15) is 9.59 Å². The minimum Gasteiger partial charge on any atom is -0.497 e. The molecular formula is C27H30N2O5S. The third kappa shape index (κ3) is 5.59. The van der Waals surface area contributed by atoms with Gasteiger partial charge < -0.3 is 24.8 Å². The Balaban J connectivity index is 1.61. The van der Waals surface area contributed by atoms with Gasteiger partial charge in [-0.05, 0) is 60.6 Å². The molecule has 1 atom stereocenters. The molecular weight excluding hydrogens is 464 g/mol. The third-order valence-corrected chi connectivity index (χ3v) is 7.34. The molecule has 0 radical (unpaired) electrons. The van der Waals surface area contributed by atoms with E-state index in [2.05, 4.69) is 17.6 Å². The van der Waals surface area contributed by atoms with Crippen molar-refractivity contribution in [3.63, 3.8) is 0 Å². The summed E-state index contributed by atoms with van der Waals surface area (Å²) in [7, 11) is 4.73. The number of nitrogens with one attached hydrogen (secondary N) is 2. The minimum absolute atomic E-state index is 0.171. The SMILES string of the molecule is COc1ccc(CC(=O)Nc2sc3c(c2C(=O)Nc2cc(OC)ccc2OC)CCC(C)C3)cc1. The molecule has 0 bridgehead atoms. The van der Waals surface area contributed by atoms with E-state index in [-0.39, 0.29) is 18.2 Å². The first kappa shape index (κ1) is 24.6. The Morgan fingerprint density at radius 3 is 2.37 bits per heavy atom. The van der Waals surface area contributed by atoms with Gasteiger partial charge in [-0.15, -0.1) is 11.3 Å². The summed E-state index contributed by atoms with van der Waals surface area (Å²) >= 11 is 1.50. The Hall–Kier alpha value is -3.52. The maximum atomic E-state index is 13.6. The van der Waals surface area contributed by atoms with Gasteiger partial charge in [-0.3, -0.25) is 9.59 Å². The summed E-state index contributed by atoms with van der Waals surface area (Å²) < 4.78 is 15.9. The number of carbonyl (C=O) groups excluding carboxylic acids is 2. The van der Waals surface area contributed by atoms with E-state index in [4.69, 9.17) is 14.2 Å². The average molecular weight is 495 g/mol. The molecule has 184 valence electrons. The molecule has 1 heterocycles. The average Bonchev–Trinajstić information content (AvgIpc) is 3.20. The summed E-state index contributed by atoms with van der Waals surface area (Å²) in [6.45, 7) is 2.21. The van der Waals surface area contributed by atoms with Crippen LogP contribution in [0.1, 0.15) is 39.7 Å². The molecule has 4 rings (SSSR count). The van der Waals surface area contributed by atoms with E-state index in [1.54, 1.807) is 39.5 Å². The van der Waals surface area contributed by atoms with Crippen LogP contribution in [0.15, 0.2) is 42.5 Å². The lowest BCUT2D eigenvalue weighted by Gasteiger charge is -2.19. The second-order valence-electron chi connectivity index (χ2n) is 8.65. The van der Waals surface area contributed by atoms with Crippen molar-refractivity contribution in [1.82, 2.24) is 0 Å². The molecule has 0 spiro atoms. The quantitative estimate of drug-likeness (QED) is 0.442. The first-order valence-electron chi connectivity index (χ1n) is 11.5. The molecule has 8 heteroatoms. The number of hydrogen-bond donors (Lipinski definition) is 2. The Kier molecular flexibility index (Phi) is 7.60. The van der Waals surface area contributed by atoms with E-state index in [0.717, 1.165) is 41.0 Å². The highest BCUT2D eigenvalue weighted by Gasteiger charge is 2.29. The van der Waals surface area contributed by atoms with Gasteiger partial charge in [0.25, 0.3) is 5.91 Å². The second-order valence-corrected chi connectivity index (χ2v) is 9.75. The summed E-state index contributed by atoms with van der Waals surface area (Å²) in [4.78, 5) is 27.6. The predicted octanol–water partition coefficient (Wildman–Crippen LogP) is 5.33. The van der Waals surface area contributed by atoms with Gasteiger partial charge in [0, 0.05) is 10.9 Å². The fraction of sp³-hybridized carbons (Fsp3) is 0.333. The fourth-order valence-electron chi connectivity index (χ4n) is 4.28. The van der Waals surface area contributed by atoms with Crippen LogP contribution >= 0.6 is 11.3 Å². The van der Waals surface area contributed by atoms with Crippen LogP contribution in [0.25, 0.3) is 0 Å². The molecule has 2 N–H and O–H groups in total. The van der Waals surface area contributed by atoms with Gasteiger partial charge in [0.05, 0.1) is 39.0 Å². The Morgan fingerprint density at radius 1 is 0.971 bits per heavy atom. The van der Waals surface area contributed by atoms with Crippen molar-refractivity contribution in [1.29, 1.82) is 0 Å². The molecule has 2 aromatic carbocycles. The van der Waals surface area contributed by atoms with Gasteiger partial charge >= 0.3 is 0 Å². The number of methoxy groups -OCH3 is 3. The van der Waals surface area contributed by atoms with Crippen LogP contribution in [-0.4, -0.2) is 33.1 Å². The smallest absolute Gasteiger partial charge is 0.259 e. The van der Waals surface area contributed by atoms with Crippen LogP contribution < -0.4 is 24.8 Å². The van der Waals surface area contributed by atoms with Gasteiger partial charge in [-0.2, -0.15) is 0 Å². The summed E-state index contributed by atoms with van der Waals surface area (Å²) in [6.07, 6.45) is 2.91. The minimum atomic E-state index is -0.275. The fourth-order valence-corrected chi connectivity index (χ4v) is 5.70. The Morgan fingerprint density at radius 2 is 1.69 bits per heavy atom. The zero-order valence-electron chi connectivity index (χ0n) is 20.4. The van der Waals surface area contributed by atoms with Crippen LogP contribution in [0.3, 0.4) is 0 Å². The van der Waals surface area contributed by atoms with E-state index in [1.165, 1.54) is 11.3 Å². The molecule has 35 heavy (non-hydrogen) atoms. The van der Waals surface area contributed by atoms with Crippen molar-refractivity contribution < 1.29 is 23.8 Å². The molecule has 0 saturated carbocycles. The van der Waals surface area contributed by atoms with Gasteiger partial charge in [0.15, 0.2) is 0 Å². The molecule has 3 aromatic rings. The van der Waals surface area contributed by atoms with Crippen molar-refractivity contribution in [2.45, 2.75) is 32.6 Å². The van der Waals surface area contributed by atoms with Crippen LogP contribution in [0.4, 0.5) is 10.7 Å². The number of carbonyl (C=O) groups is 2. The van der Waals surface area contributed by atoms with Crippen LogP contribution in [0.2, 0.25) is 0 Å². The standard InChI is InChI=1S/C27H30N2O5S/c1-16-5-11-20-23(13-16)35-27(29-24(30)14-17-6-8-18(32-2)9-7-17)25(20)26(31)28-21-15-19(33-3)10-12-22(21)34-4/h6-10,12,15-16H,5,11,13-14H2,1-4H3,(H,28,31)(H,29,30). The van der Waals surface area contributed by atoms with Crippen molar-refractivity contribution in [3.05, 3.63) is 64.0 Å². The van der Waals surface area contributed by atoms with Crippen LogP contribution in [0, 0.1) is 5.92 Å². The topological polar surface area (TPSA) is 85.9 Å². The number of rotatable bonds is 8. The first-order valence-corrected chi connectivity index (χ1v) is 12.3. The van der Waals surface area contributed by atoms with Gasteiger partial charge in [0.2, 0.25) is 5.91 Å². The number of ether oxygens (including phenoxy) is 3. The van der Waals surface area contributed by atoms with Crippen molar-refractivity contribution >= 4 is 33.8 Å². The number of fused-ring (bicyclic) bond motifs is 1. The lowest BCUT2D eigenvalue weighted by molar-refractivity contribution is -0.115. The third-order valence-electron chi connectivity index (χ3n) is 6.17. The molecule has 2 amide bonds. The van der Waals surface area contributed by atoms with E-state index in [0.29, 0.717) is 33.7 Å². The summed E-state index contributed by atoms with van der Waals surface area (Å²) in [5.74, 6) is 1.97. The highest BCUT2D eigenvalue weighted by Crippen LogP contribution is 2.40. The highest BCUT2D eigenvalue weighted by atomic mass is 32.1. The van der Waals surface area contributed by atoms with Crippen LogP contribution in [0.5, 0.6) is 17.2 Å². The Labute approximate surface area is 209 Å². The molecule has 1 aromatic heterocycles. The number of anilines is 2. The predicted molar refractivity (Wildman–Crippen MR) is 138 cm³/mol. The summed E-state index contributed by atoms with van der Waals surface area (Å²) in [5, 5.41) is 6.57. The van der Waals surface area contributed by atoms with Crippen molar-refractivity contribution in [3.8, 4) is 17.2 Å². The van der Waals surface area contributed by atoms with Gasteiger partial charge in [0.1, 0.15) is 22.2 Å². The normalized spacial score (nSPS) is 14.6. The molecule has 0 aliphatic heterocycles. The van der Waals surface area contributed by atoms with Crippen LogP contribution in [-0.2, 0) is 24.1 Å². The largest absolute Gasteiger partial charge is 0.497 e. The Bertz CT molecular complexity index is 1220. The van der Waals surface area contributed by atoms with E-state index in [1.807, 2.05) is 24.3 Å². The van der Waals surface area contributed by atoms with Crippen molar-refractivity contribution in [2.75, 3.05) is 32.0 Å². The zero-order chi connectivity index (χ0) is 24.9. The molecule has 0 saturated heterocycles. The monoisotopic (exact) mass is 494 g/mol. The lowest BCUT2D eigenvalue weighted by atomic mass is 9.88. The van der Waals surface area contributed by atoms with E-state index < -0.39 is 0 Å². The maximum absolute atomic E-state index is 13.6. The van der Waals surface area contributed by atoms with Gasteiger partial charge in [-0.1, -0.05) is 19.1 Å². The number of thiophene rings is 1. The molecule has 7 nitrogen and oxygen atoms in total. The molecule has 0 fully saturated rings. The number of benzene rings is 2. The van der Waals surface area contributed by atoms with Gasteiger partial charge in [-0.25, -0.2) is 0 Å². The molecule has 1 unspecified atom stereocenters. The summed E-state index contributed by atoms with van der Waals surface area (Å²) in [5.41, 5.74) is 2.93.